The Morgan fingerprint density at radius 3 is 3.00 bits per heavy atom. The normalized spacial score (nSPS) is 17.9. The van der Waals surface area contributed by atoms with Crippen LogP contribution in [0.2, 0.25) is 0 Å². The van der Waals surface area contributed by atoms with Crippen LogP contribution in [0.3, 0.4) is 0 Å². The topological polar surface area (TPSA) is 109 Å². The third kappa shape index (κ3) is 3.09. The largest absolute Gasteiger partial charge is 0.360 e. The van der Waals surface area contributed by atoms with Gasteiger partial charge in [0.1, 0.15) is 5.69 Å². The van der Waals surface area contributed by atoms with Gasteiger partial charge in [0, 0.05) is 25.2 Å². The lowest BCUT2D eigenvalue weighted by atomic mass is 10.1. The Morgan fingerprint density at radius 2 is 2.38 bits per heavy atom. The number of anilines is 1. The van der Waals surface area contributed by atoms with Crippen LogP contribution in [-0.4, -0.2) is 43.7 Å². The molecule has 1 fully saturated rings. The predicted octanol–water partition coefficient (Wildman–Crippen LogP) is 0.683. The van der Waals surface area contributed by atoms with E-state index in [2.05, 4.69) is 5.32 Å². The zero-order chi connectivity index (χ0) is 15.4. The van der Waals surface area contributed by atoms with Crippen molar-refractivity contribution in [2.24, 2.45) is 0 Å². The first-order valence-electron chi connectivity index (χ1n) is 6.33. The number of nitrogens with zero attached hydrogens (tertiary/aromatic N) is 3. The Bertz CT molecular complexity index is 611. The molecular formula is C13H14N4O4. The van der Waals surface area contributed by atoms with E-state index >= 15 is 0 Å². The quantitative estimate of drug-likeness (QED) is 0.647. The van der Waals surface area contributed by atoms with E-state index in [1.165, 1.54) is 25.2 Å². The highest BCUT2D eigenvalue weighted by molar-refractivity contribution is 5.95. The van der Waals surface area contributed by atoms with Gasteiger partial charge in [-0.1, -0.05) is 0 Å². The Morgan fingerprint density at radius 1 is 1.62 bits per heavy atom. The summed E-state index contributed by atoms with van der Waals surface area (Å²) in [6, 6.07) is 6.29. The monoisotopic (exact) mass is 290 g/mol. The van der Waals surface area contributed by atoms with Gasteiger partial charge in [0.25, 0.3) is 11.6 Å². The molecule has 0 radical (unpaired) electrons. The third-order valence-electron chi connectivity index (χ3n) is 3.21. The number of hydrogen-bond acceptors (Lipinski definition) is 6. The average molecular weight is 290 g/mol. The van der Waals surface area contributed by atoms with Crippen molar-refractivity contribution in [2.75, 3.05) is 31.6 Å². The molecule has 1 unspecified atom stereocenters. The van der Waals surface area contributed by atoms with E-state index in [9.17, 15) is 14.9 Å². The molecule has 0 aromatic heterocycles. The van der Waals surface area contributed by atoms with Crippen molar-refractivity contribution in [3.8, 4) is 6.07 Å². The highest BCUT2D eigenvalue weighted by atomic mass is 16.6. The van der Waals surface area contributed by atoms with Crippen LogP contribution < -0.4 is 10.2 Å². The fourth-order valence-electron chi connectivity index (χ4n) is 2.17. The lowest BCUT2D eigenvalue weighted by Gasteiger charge is -2.31. The summed E-state index contributed by atoms with van der Waals surface area (Å²) in [6.45, 7) is 1.04. The molecule has 8 nitrogen and oxygen atoms in total. The number of carbonyl (C=O) groups excluding carboxylic acids is 1. The van der Waals surface area contributed by atoms with Gasteiger partial charge in [-0.05, 0) is 12.1 Å². The molecule has 1 aromatic rings. The van der Waals surface area contributed by atoms with Crippen LogP contribution >= 0.6 is 0 Å². The van der Waals surface area contributed by atoms with E-state index in [4.69, 9.17) is 10.00 Å². The van der Waals surface area contributed by atoms with Crippen molar-refractivity contribution in [3.05, 3.63) is 33.9 Å². The maximum absolute atomic E-state index is 11.6. The number of nitro groups is 1. The number of nitrogens with one attached hydrogen (secondary N) is 1. The van der Waals surface area contributed by atoms with Crippen molar-refractivity contribution < 1.29 is 14.5 Å². The first-order chi connectivity index (χ1) is 10.1. The van der Waals surface area contributed by atoms with Crippen LogP contribution in [0, 0.1) is 21.4 Å². The Labute approximate surface area is 121 Å². The molecule has 0 spiro atoms. The van der Waals surface area contributed by atoms with Crippen LogP contribution in [-0.2, 0) is 4.74 Å². The van der Waals surface area contributed by atoms with E-state index < -0.39 is 11.0 Å². The van der Waals surface area contributed by atoms with Crippen molar-refractivity contribution in [3.63, 3.8) is 0 Å². The second-order valence-electron chi connectivity index (χ2n) is 4.47. The average Bonchev–Trinajstić information content (AvgIpc) is 2.53. The van der Waals surface area contributed by atoms with Crippen LogP contribution in [0.4, 0.5) is 11.4 Å². The minimum absolute atomic E-state index is 0.158. The number of ether oxygens (including phenoxy) is 1. The molecule has 110 valence electrons. The molecule has 0 aliphatic carbocycles. The lowest BCUT2D eigenvalue weighted by molar-refractivity contribution is -0.384. The molecule has 2 rings (SSSR count). The minimum Gasteiger partial charge on any atom is -0.360 e. The number of nitriles is 1. The van der Waals surface area contributed by atoms with Crippen molar-refractivity contribution in [2.45, 2.75) is 6.10 Å². The summed E-state index contributed by atoms with van der Waals surface area (Å²) in [6.07, 6.45) is -0.614. The number of benzene rings is 1. The zero-order valence-electron chi connectivity index (χ0n) is 11.4. The van der Waals surface area contributed by atoms with Gasteiger partial charge in [0.05, 0.1) is 24.1 Å². The first kappa shape index (κ1) is 14.7. The molecule has 0 saturated carbocycles. The van der Waals surface area contributed by atoms with E-state index in [0.29, 0.717) is 18.8 Å². The number of amides is 1. The summed E-state index contributed by atoms with van der Waals surface area (Å²) in [5, 5.41) is 22.5. The van der Waals surface area contributed by atoms with E-state index in [0.717, 1.165) is 0 Å². The van der Waals surface area contributed by atoms with Crippen molar-refractivity contribution in [1.82, 2.24) is 5.32 Å². The second kappa shape index (κ2) is 6.19. The first-order valence-corrected chi connectivity index (χ1v) is 6.33. The summed E-state index contributed by atoms with van der Waals surface area (Å²) in [5.41, 5.74) is 0.448. The van der Waals surface area contributed by atoms with Gasteiger partial charge in [0.15, 0.2) is 6.10 Å². The maximum Gasteiger partial charge on any atom is 0.293 e. The van der Waals surface area contributed by atoms with Gasteiger partial charge < -0.3 is 15.0 Å². The van der Waals surface area contributed by atoms with Crippen LogP contribution in [0.25, 0.3) is 0 Å². The molecule has 1 aromatic carbocycles. The predicted molar refractivity (Wildman–Crippen MR) is 74.1 cm³/mol. The standard InChI is InChI=1S/C13H14N4O4/c1-15-13(18)9-2-3-11(12(6-9)17(19)20)16-4-5-21-10(7-14)8-16/h2-3,6,10H,4-5,8H2,1H3,(H,15,18). The van der Waals surface area contributed by atoms with Gasteiger partial charge in [-0.2, -0.15) is 5.26 Å². The van der Waals surface area contributed by atoms with Crippen LogP contribution in [0.1, 0.15) is 10.4 Å². The second-order valence-corrected chi connectivity index (χ2v) is 4.47. The smallest absolute Gasteiger partial charge is 0.293 e. The molecule has 1 atom stereocenters. The summed E-state index contributed by atoms with van der Waals surface area (Å²) in [5.74, 6) is -0.387. The van der Waals surface area contributed by atoms with Crippen molar-refractivity contribution >= 4 is 17.3 Å². The number of hydrogen-bond donors (Lipinski definition) is 1. The molecule has 0 bridgehead atoms. The zero-order valence-corrected chi connectivity index (χ0v) is 11.4. The number of morpholine rings is 1. The van der Waals surface area contributed by atoms with Gasteiger partial charge in [-0.25, -0.2) is 0 Å². The molecular weight excluding hydrogens is 276 g/mol. The molecule has 1 aliphatic rings. The number of rotatable bonds is 3. The van der Waals surface area contributed by atoms with Crippen molar-refractivity contribution in [1.29, 1.82) is 5.26 Å². The summed E-state index contributed by atoms with van der Waals surface area (Å²) in [4.78, 5) is 24.0. The summed E-state index contributed by atoms with van der Waals surface area (Å²) < 4.78 is 5.22. The van der Waals surface area contributed by atoms with Crippen LogP contribution in [0.5, 0.6) is 0 Å². The van der Waals surface area contributed by atoms with Gasteiger partial charge in [-0.15, -0.1) is 0 Å². The molecule has 1 N–H and O–H groups in total. The summed E-state index contributed by atoms with van der Waals surface area (Å²) in [7, 11) is 1.46. The SMILES string of the molecule is CNC(=O)c1ccc(N2CCOC(C#N)C2)c([N+](=O)[O-])c1. The van der Waals surface area contributed by atoms with E-state index in [-0.39, 0.29) is 23.7 Å². The fraction of sp³-hybridized carbons (Fsp3) is 0.385. The Balaban J connectivity index is 2.37. The highest BCUT2D eigenvalue weighted by Crippen LogP contribution is 2.30. The molecule has 1 saturated heterocycles. The summed E-state index contributed by atoms with van der Waals surface area (Å²) >= 11 is 0. The highest BCUT2D eigenvalue weighted by Gasteiger charge is 2.26. The third-order valence-corrected chi connectivity index (χ3v) is 3.21. The van der Waals surface area contributed by atoms with E-state index in [1.807, 2.05) is 6.07 Å². The Hall–Kier alpha value is -2.66. The minimum atomic E-state index is -0.614. The molecule has 1 heterocycles. The molecule has 21 heavy (non-hydrogen) atoms. The maximum atomic E-state index is 11.6. The molecule has 1 aliphatic heterocycles. The van der Waals surface area contributed by atoms with E-state index in [1.54, 1.807) is 4.90 Å². The molecule has 8 heteroatoms. The number of nitro benzene ring substituents is 1. The number of carbonyl (C=O) groups is 1. The van der Waals surface area contributed by atoms with Crippen LogP contribution in [0.15, 0.2) is 18.2 Å². The van der Waals surface area contributed by atoms with Gasteiger partial charge in [0.2, 0.25) is 0 Å². The van der Waals surface area contributed by atoms with Gasteiger partial charge >= 0.3 is 0 Å². The Kier molecular flexibility index (Phi) is 4.35. The van der Waals surface area contributed by atoms with Gasteiger partial charge in [-0.3, -0.25) is 14.9 Å². The molecule has 1 amide bonds. The lowest BCUT2D eigenvalue weighted by Crippen LogP contribution is -2.42. The fourth-order valence-corrected chi connectivity index (χ4v) is 2.17.